The lowest BCUT2D eigenvalue weighted by Gasteiger charge is -2.14. The molecule has 16 heteroatoms. The monoisotopic (exact) mass is 560 g/mol. The van der Waals surface area contributed by atoms with Crippen LogP contribution in [0.15, 0.2) is 60.0 Å². The van der Waals surface area contributed by atoms with E-state index in [9.17, 15) is 19.2 Å². The molecule has 1 atom stereocenters. The number of nitrogens with one attached hydrogen (secondary N) is 4. The number of carboxylic acid groups (broad SMARTS) is 2. The molecule has 3 aromatic rings. The molecule has 0 spiro atoms. The van der Waals surface area contributed by atoms with Crippen LogP contribution in [-0.4, -0.2) is 69.0 Å². The van der Waals surface area contributed by atoms with E-state index < -0.39 is 29.4 Å². The highest BCUT2D eigenvalue weighted by molar-refractivity contribution is 5.97. The first kappa shape index (κ1) is 28.1. The number of H-pyrrole nitrogens is 2. The van der Waals surface area contributed by atoms with Gasteiger partial charge in [-0.15, -0.1) is 0 Å². The van der Waals surface area contributed by atoms with Crippen LogP contribution < -0.4 is 21.9 Å². The number of nitrogens with zero attached hydrogens (tertiary/aromatic N) is 5. The molecule has 0 radical (unpaired) electrons. The molecule has 2 aliphatic rings. The molecule has 1 amide bonds. The molecule has 4 heterocycles. The van der Waals surface area contributed by atoms with Crippen molar-refractivity contribution in [2.75, 3.05) is 11.1 Å². The fourth-order valence-electron chi connectivity index (χ4n) is 3.54. The Bertz CT molecular complexity index is 1670. The first-order valence-electron chi connectivity index (χ1n) is 12.0. The maximum atomic E-state index is 12.3. The smallest absolute Gasteiger partial charge is 0.326 e. The van der Waals surface area contributed by atoms with Gasteiger partial charge in [-0.3, -0.25) is 24.4 Å². The number of hydrogen-bond acceptors (Lipinski definition) is 11. The van der Waals surface area contributed by atoms with Crippen LogP contribution in [0.25, 0.3) is 22.6 Å². The van der Waals surface area contributed by atoms with Crippen LogP contribution in [-0.2, 0) is 16.1 Å². The van der Waals surface area contributed by atoms with E-state index in [1.807, 2.05) is 6.07 Å². The average Bonchev–Trinajstić information content (AvgIpc) is 3.43. The molecule has 0 saturated heterocycles. The number of hydrogen-bond donors (Lipinski definition) is 7. The average molecular weight is 561 g/mol. The number of aliphatic carboxylic acids is 2. The minimum absolute atomic E-state index is 0.0524. The number of anilines is 2. The third-order valence-electron chi connectivity index (χ3n) is 5.58. The van der Waals surface area contributed by atoms with E-state index in [4.69, 9.17) is 15.9 Å². The molecule has 2 aliphatic heterocycles. The molecule has 41 heavy (non-hydrogen) atoms. The number of nitrogen functional groups attached to an aromatic ring is 1. The van der Waals surface area contributed by atoms with Gasteiger partial charge >= 0.3 is 11.9 Å². The van der Waals surface area contributed by atoms with Crippen LogP contribution in [0.2, 0.25) is 0 Å². The number of aromatic amines is 2. The van der Waals surface area contributed by atoms with Gasteiger partial charge < -0.3 is 31.6 Å². The summed E-state index contributed by atoms with van der Waals surface area (Å²) in [5, 5.41) is 23.2. The Kier molecular flexibility index (Phi) is 8.73. The van der Waals surface area contributed by atoms with E-state index >= 15 is 0 Å². The van der Waals surface area contributed by atoms with Crippen LogP contribution in [0.3, 0.4) is 0 Å². The first-order chi connectivity index (χ1) is 19.7. The van der Waals surface area contributed by atoms with Crippen molar-refractivity contribution in [1.82, 2.24) is 40.2 Å². The molecule has 210 valence electrons. The second-order valence-electron chi connectivity index (χ2n) is 8.51. The van der Waals surface area contributed by atoms with Crippen molar-refractivity contribution < 1.29 is 24.6 Å². The van der Waals surface area contributed by atoms with Crippen LogP contribution in [0.5, 0.6) is 0 Å². The van der Waals surface area contributed by atoms with Crippen LogP contribution in [0.1, 0.15) is 28.9 Å². The predicted octanol–water partition coefficient (Wildman–Crippen LogP) is 0.865. The van der Waals surface area contributed by atoms with Gasteiger partial charge in [0.1, 0.15) is 11.7 Å². The fourth-order valence-corrected chi connectivity index (χ4v) is 3.54. The molecule has 0 saturated carbocycles. The number of nitrogens with two attached hydrogens (primary N) is 1. The Labute approximate surface area is 230 Å². The van der Waals surface area contributed by atoms with E-state index in [1.54, 1.807) is 30.9 Å². The van der Waals surface area contributed by atoms with E-state index in [2.05, 4.69) is 45.5 Å². The molecular weight excluding hydrogens is 536 g/mol. The minimum atomic E-state index is -1.31. The number of carbonyl (C=O) groups excluding carboxylic acids is 1. The zero-order chi connectivity index (χ0) is 29.4. The van der Waals surface area contributed by atoms with E-state index in [0.29, 0.717) is 11.4 Å². The number of fused-ring (bicyclic) bond motifs is 2. The summed E-state index contributed by atoms with van der Waals surface area (Å²) in [6, 6.07) is 6.78. The fraction of sp³-hybridized carbons (Fsp3) is 0.160. The Hall–Kier alpha value is -5.93. The number of rotatable bonds is 9. The van der Waals surface area contributed by atoms with Crippen molar-refractivity contribution >= 4 is 40.6 Å². The summed E-state index contributed by atoms with van der Waals surface area (Å²) >= 11 is 0. The molecule has 0 fully saturated rings. The van der Waals surface area contributed by atoms with Gasteiger partial charge in [0.25, 0.3) is 11.5 Å². The molecule has 1 aromatic carbocycles. The van der Waals surface area contributed by atoms with Crippen LogP contribution in [0.4, 0.5) is 11.6 Å². The molecule has 5 rings (SSSR count). The van der Waals surface area contributed by atoms with Crippen LogP contribution in [0, 0.1) is 0 Å². The maximum absolute atomic E-state index is 12.3. The number of carboxylic acids is 2. The Morgan fingerprint density at radius 1 is 1.02 bits per heavy atom. The van der Waals surface area contributed by atoms with Crippen LogP contribution >= 0.6 is 0 Å². The van der Waals surface area contributed by atoms with Crippen molar-refractivity contribution in [3.8, 4) is 11.4 Å². The van der Waals surface area contributed by atoms with Crippen molar-refractivity contribution in [2.45, 2.75) is 25.4 Å². The second-order valence-corrected chi connectivity index (χ2v) is 8.51. The highest BCUT2D eigenvalue weighted by atomic mass is 16.4. The van der Waals surface area contributed by atoms with Gasteiger partial charge in [-0.1, -0.05) is 0 Å². The third-order valence-corrected chi connectivity index (χ3v) is 5.58. The summed E-state index contributed by atoms with van der Waals surface area (Å²) in [5.74, 6) is -3.16. The quantitative estimate of drug-likeness (QED) is 0.132. The normalized spacial score (nSPS) is 11.3. The van der Waals surface area contributed by atoms with Gasteiger partial charge in [0.15, 0.2) is 11.2 Å². The number of amides is 1. The number of benzene rings is 1. The lowest BCUT2D eigenvalue weighted by atomic mass is 10.1. The maximum Gasteiger partial charge on any atom is 0.326 e. The Balaban J connectivity index is 0.000000360. The number of aromatic nitrogens is 7. The zero-order valence-electron chi connectivity index (χ0n) is 21.2. The molecular formula is C25H24N10O6. The highest BCUT2D eigenvalue weighted by Gasteiger charge is 2.21. The summed E-state index contributed by atoms with van der Waals surface area (Å²) in [6.45, 7) is 0.231. The standard InChI is InChI=1S/C19H19N7O6.C6H5N3/c20-19-25-15-14(17(30)26-19)23-11(8-22-15)7-21-10-3-1-9(2-4-10)16(29)24-12(18(31)32)5-6-13(27)28;1-2-8-6-3-7-4-9-5(1)6/h1-4,8,12,21H,5-7H2,(H,24,29)(H,27,28)(H,31,32)(H3,20,22,25,26,30);1-4H,(H,7,9). The van der Waals surface area contributed by atoms with Crippen molar-refractivity contribution in [3.63, 3.8) is 0 Å². The third kappa shape index (κ3) is 7.56. The predicted molar refractivity (Wildman–Crippen MR) is 145 cm³/mol. The van der Waals surface area contributed by atoms with Gasteiger partial charge in [0, 0.05) is 23.9 Å². The Morgan fingerprint density at radius 3 is 2.51 bits per heavy atom. The topological polar surface area (TPSA) is 255 Å². The molecule has 8 N–H and O–H groups in total. The van der Waals surface area contributed by atoms with Gasteiger partial charge in [-0.05, 0) is 36.8 Å². The van der Waals surface area contributed by atoms with Crippen molar-refractivity contribution in [3.05, 3.63) is 76.9 Å². The zero-order valence-corrected chi connectivity index (χ0v) is 21.2. The first-order valence-corrected chi connectivity index (χ1v) is 12.0. The summed E-state index contributed by atoms with van der Waals surface area (Å²) in [5.41, 5.74) is 8.42. The largest absolute Gasteiger partial charge is 0.481 e. The molecule has 1 unspecified atom stereocenters. The summed E-state index contributed by atoms with van der Waals surface area (Å²) < 4.78 is 0. The van der Waals surface area contributed by atoms with Gasteiger partial charge in [0.2, 0.25) is 5.95 Å². The van der Waals surface area contributed by atoms with Gasteiger partial charge in [-0.2, -0.15) is 4.98 Å². The van der Waals surface area contributed by atoms with E-state index in [0.717, 1.165) is 11.4 Å². The SMILES string of the molecule is Nc1nc2ncc(CNc3ccc(C(=O)NC(CCC(=O)O)C(=O)O)cc3)nc2c(=O)[nH]1.c1cc2[nH]cncc-2n1. The van der Waals surface area contributed by atoms with Gasteiger partial charge in [0.05, 0.1) is 36.7 Å². The minimum Gasteiger partial charge on any atom is -0.481 e. The number of carbonyl (C=O) groups is 3. The molecule has 0 aliphatic carbocycles. The van der Waals surface area contributed by atoms with E-state index in [1.165, 1.54) is 18.3 Å². The van der Waals surface area contributed by atoms with Crippen molar-refractivity contribution in [2.24, 2.45) is 0 Å². The molecule has 0 bridgehead atoms. The summed E-state index contributed by atoms with van der Waals surface area (Å²) in [7, 11) is 0. The summed E-state index contributed by atoms with van der Waals surface area (Å²) in [4.78, 5) is 71.4. The molecule has 16 nitrogen and oxygen atoms in total. The van der Waals surface area contributed by atoms with Gasteiger partial charge in [-0.25, -0.2) is 19.7 Å². The Morgan fingerprint density at radius 2 is 1.80 bits per heavy atom. The lowest BCUT2D eigenvalue weighted by molar-refractivity contribution is -0.140. The molecule has 2 aromatic heterocycles. The second kappa shape index (κ2) is 12.7. The summed E-state index contributed by atoms with van der Waals surface area (Å²) in [6.07, 6.45) is 5.96. The van der Waals surface area contributed by atoms with E-state index in [-0.39, 0.29) is 42.1 Å². The van der Waals surface area contributed by atoms with Crippen molar-refractivity contribution in [1.29, 1.82) is 0 Å². The lowest BCUT2D eigenvalue weighted by Crippen LogP contribution is -2.41. The highest BCUT2D eigenvalue weighted by Crippen LogP contribution is 2.13.